The van der Waals surface area contributed by atoms with E-state index in [2.05, 4.69) is 25.9 Å². The molecule has 0 aliphatic carbocycles. The predicted octanol–water partition coefficient (Wildman–Crippen LogP) is 1.57. The van der Waals surface area contributed by atoms with Crippen LogP contribution in [0, 0.1) is 0 Å². The summed E-state index contributed by atoms with van der Waals surface area (Å²) in [5, 5.41) is 27.3. The van der Waals surface area contributed by atoms with E-state index >= 15 is 0 Å². The second-order valence-electron chi connectivity index (χ2n) is 9.03. The van der Waals surface area contributed by atoms with Crippen molar-refractivity contribution >= 4 is 35.2 Å². The topological polar surface area (TPSA) is 127 Å². The molecule has 2 amide bonds. The lowest BCUT2D eigenvalue weighted by molar-refractivity contribution is -0.165. The van der Waals surface area contributed by atoms with Crippen LogP contribution in [0.4, 0.5) is 0 Å². The number of rotatable bonds is 3. The fourth-order valence-electron chi connectivity index (χ4n) is 4.85. The second-order valence-corrected chi connectivity index (χ2v) is 11.2. The van der Waals surface area contributed by atoms with E-state index in [0.717, 1.165) is 0 Å². The molecule has 0 saturated carbocycles. The molecule has 3 aliphatic rings. The number of β-lactam (4-membered cyclic amide) rings is 1. The van der Waals surface area contributed by atoms with Gasteiger partial charge >= 0.3 is 0 Å². The largest absolute Gasteiger partial charge is 0.506 e. The van der Waals surface area contributed by atoms with Gasteiger partial charge in [-0.1, -0.05) is 22.9 Å². The number of carbonyl (C=O) groups excluding carboxylic acids is 2. The Morgan fingerprint density at radius 2 is 1.94 bits per heavy atom. The quantitative estimate of drug-likeness (QED) is 0.585. The number of tetrazole rings is 1. The molecule has 2 aromatic rings. The van der Waals surface area contributed by atoms with E-state index < -0.39 is 17.7 Å². The summed E-state index contributed by atoms with van der Waals surface area (Å²) < 4.78 is -0.344. The molecule has 3 saturated heterocycles. The van der Waals surface area contributed by atoms with Crippen molar-refractivity contribution in [2.75, 3.05) is 0 Å². The molecular formula is C19H22ClN7O3S. The molecule has 0 radical (unpaired) electrons. The number of nitrogens with zero attached hydrogens (tertiary/aromatic N) is 5. The maximum Gasteiger partial charge on any atom is 0.250 e. The molecular weight excluding hydrogens is 442 g/mol. The van der Waals surface area contributed by atoms with Crippen molar-refractivity contribution in [2.45, 2.75) is 61.6 Å². The van der Waals surface area contributed by atoms with E-state index in [1.165, 1.54) is 6.07 Å². The van der Waals surface area contributed by atoms with Crippen LogP contribution in [0.25, 0.3) is 0 Å². The van der Waals surface area contributed by atoms with Crippen LogP contribution in [0.5, 0.6) is 5.75 Å². The minimum absolute atomic E-state index is 0.0473. The summed E-state index contributed by atoms with van der Waals surface area (Å²) in [5.74, 6) is 0.0825. The zero-order valence-corrected chi connectivity index (χ0v) is 18.9. The molecule has 5 rings (SSSR count). The molecule has 0 spiro atoms. The number of halogens is 1. The van der Waals surface area contributed by atoms with Crippen LogP contribution in [0.2, 0.25) is 5.02 Å². The van der Waals surface area contributed by atoms with Gasteiger partial charge in [-0.25, -0.2) is 0 Å². The SMILES string of the molecule is CC1(C)S[C@@H]2C(N3C(=O)C(c4ccc(O)c(Cl)c4)NC3(C)C)C(=O)N2C1c1nn[nH]n1. The average Bonchev–Trinajstić information content (AvgIpc) is 3.35. The molecule has 3 aliphatic heterocycles. The van der Waals surface area contributed by atoms with Crippen LogP contribution < -0.4 is 5.32 Å². The van der Waals surface area contributed by atoms with Gasteiger partial charge in [0.15, 0.2) is 5.82 Å². The number of aromatic nitrogens is 4. The fraction of sp³-hybridized carbons (Fsp3) is 0.526. The second kappa shape index (κ2) is 6.57. The molecule has 3 N–H and O–H groups in total. The van der Waals surface area contributed by atoms with Gasteiger partial charge in [0.2, 0.25) is 11.8 Å². The summed E-state index contributed by atoms with van der Waals surface area (Å²) in [6.07, 6.45) is 0. The maximum atomic E-state index is 13.5. The monoisotopic (exact) mass is 463 g/mol. The smallest absolute Gasteiger partial charge is 0.250 e. The van der Waals surface area contributed by atoms with E-state index in [0.29, 0.717) is 11.4 Å². The highest BCUT2D eigenvalue weighted by Crippen LogP contribution is 2.58. The van der Waals surface area contributed by atoms with Gasteiger partial charge in [0, 0.05) is 4.75 Å². The summed E-state index contributed by atoms with van der Waals surface area (Å²) in [4.78, 5) is 30.2. The number of aromatic amines is 1. The lowest BCUT2D eigenvalue weighted by Crippen LogP contribution is -2.71. The number of phenols is 1. The van der Waals surface area contributed by atoms with Crippen molar-refractivity contribution in [3.63, 3.8) is 0 Å². The number of benzene rings is 1. The van der Waals surface area contributed by atoms with Gasteiger partial charge in [0.1, 0.15) is 29.2 Å². The number of fused-ring (bicyclic) bond motifs is 1. The first-order valence-electron chi connectivity index (χ1n) is 9.85. The van der Waals surface area contributed by atoms with Gasteiger partial charge in [-0.05, 0) is 45.4 Å². The Hall–Kier alpha value is -2.37. The molecule has 3 fully saturated rings. The van der Waals surface area contributed by atoms with Gasteiger partial charge in [-0.15, -0.1) is 22.0 Å². The number of H-pyrrole nitrogens is 1. The van der Waals surface area contributed by atoms with Crippen molar-refractivity contribution in [3.8, 4) is 5.75 Å². The maximum absolute atomic E-state index is 13.5. The molecule has 10 nitrogen and oxygen atoms in total. The van der Waals surface area contributed by atoms with Gasteiger partial charge in [0.05, 0.1) is 10.7 Å². The Kier molecular flexibility index (Phi) is 4.35. The number of nitrogens with one attached hydrogen (secondary N) is 2. The van der Waals surface area contributed by atoms with Crippen LogP contribution in [0.15, 0.2) is 18.2 Å². The Balaban J connectivity index is 1.46. The summed E-state index contributed by atoms with van der Waals surface area (Å²) in [6, 6.07) is 3.09. The number of hydrogen-bond donors (Lipinski definition) is 3. The fourth-order valence-corrected chi connectivity index (χ4v) is 6.71. The molecule has 3 unspecified atom stereocenters. The molecule has 1 aromatic carbocycles. The first-order chi connectivity index (χ1) is 14.5. The van der Waals surface area contributed by atoms with Crippen LogP contribution in [0.3, 0.4) is 0 Å². The van der Waals surface area contributed by atoms with E-state index in [9.17, 15) is 14.7 Å². The summed E-state index contributed by atoms with van der Waals surface area (Å²) >= 11 is 7.69. The summed E-state index contributed by atoms with van der Waals surface area (Å²) in [5.41, 5.74) is -0.121. The van der Waals surface area contributed by atoms with E-state index in [1.807, 2.05) is 27.7 Å². The van der Waals surface area contributed by atoms with Gasteiger partial charge in [-0.3, -0.25) is 14.9 Å². The Morgan fingerprint density at radius 1 is 1.19 bits per heavy atom. The molecule has 31 heavy (non-hydrogen) atoms. The molecule has 12 heteroatoms. The van der Waals surface area contributed by atoms with Crippen LogP contribution >= 0.6 is 23.4 Å². The number of hydrogen-bond acceptors (Lipinski definition) is 8. The highest BCUT2D eigenvalue weighted by molar-refractivity contribution is 8.01. The Labute approximate surface area is 187 Å². The highest BCUT2D eigenvalue weighted by Gasteiger charge is 2.67. The van der Waals surface area contributed by atoms with E-state index in [-0.39, 0.29) is 38.7 Å². The molecule has 164 valence electrons. The van der Waals surface area contributed by atoms with Gasteiger partial charge in [-0.2, -0.15) is 5.21 Å². The van der Waals surface area contributed by atoms with Crippen LogP contribution in [-0.4, -0.2) is 69.2 Å². The standard InChI is InChI=1S/C19H22ClN7O3S/c1-18(2)13(14-22-24-25-23-14)26-16(30)12(17(26)31-18)27-15(29)11(21-19(27,3)4)8-5-6-10(28)9(20)7-8/h5-7,11-13,17,21,28H,1-4H3,(H,22,23,24,25)/t11?,12?,13?,17-/m1/s1. The Morgan fingerprint density at radius 3 is 2.58 bits per heavy atom. The van der Waals surface area contributed by atoms with Crippen molar-refractivity contribution < 1.29 is 14.7 Å². The van der Waals surface area contributed by atoms with Crippen molar-refractivity contribution in [3.05, 3.63) is 34.6 Å². The minimum atomic E-state index is -0.756. The normalized spacial score (nSPS) is 31.1. The van der Waals surface area contributed by atoms with Crippen LogP contribution in [0.1, 0.15) is 51.2 Å². The molecule has 0 bridgehead atoms. The zero-order valence-electron chi connectivity index (χ0n) is 17.3. The van der Waals surface area contributed by atoms with E-state index in [1.54, 1.807) is 33.7 Å². The number of carbonyl (C=O) groups is 2. The third-order valence-corrected chi connectivity index (χ3v) is 8.05. The van der Waals surface area contributed by atoms with E-state index in [4.69, 9.17) is 11.6 Å². The number of aromatic hydroxyl groups is 1. The predicted molar refractivity (Wildman–Crippen MR) is 113 cm³/mol. The van der Waals surface area contributed by atoms with Gasteiger partial charge < -0.3 is 14.9 Å². The van der Waals surface area contributed by atoms with Crippen molar-refractivity contribution in [1.82, 2.24) is 35.7 Å². The first-order valence-corrected chi connectivity index (χ1v) is 11.1. The summed E-state index contributed by atoms with van der Waals surface area (Å²) in [7, 11) is 0. The molecule has 4 heterocycles. The molecule has 4 atom stereocenters. The lowest BCUT2D eigenvalue weighted by atomic mass is 9.93. The third-order valence-electron chi connectivity index (χ3n) is 6.19. The zero-order chi connectivity index (χ0) is 22.3. The molecule has 1 aromatic heterocycles. The Bertz CT molecular complexity index is 1080. The average molecular weight is 464 g/mol. The minimum Gasteiger partial charge on any atom is -0.506 e. The van der Waals surface area contributed by atoms with Crippen molar-refractivity contribution in [2.24, 2.45) is 0 Å². The van der Waals surface area contributed by atoms with Crippen molar-refractivity contribution in [1.29, 1.82) is 0 Å². The highest BCUT2D eigenvalue weighted by atomic mass is 35.5. The summed E-state index contributed by atoms with van der Waals surface area (Å²) in [6.45, 7) is 7.84. The number of thioether (sulfide) groups is 1. The first kappa shape index (κ1) is 20.5. The lowest BCUT2D eigenvalue weighted by Gasteiger charge is -2.50. The van der Waals surface area contributed by atoms with Gasteiger partial charge in [0.25, 0.3) is 0 Å². The number of phenolic OH excluding ortho intramolecular Hbond substituents is 1. The third kappa shape index (κ3) is 2.86. The van der Waals surface area contributed by atoms with Crippen LogP contribution in [-0.2, 0) is 9.59 Å². The number of amides is 2.